The van der Waals surface area contributed by atoms with Crippen molar-refractivity contribution < 1.29 is 33.1 Å². The Hall–Kier alpha value is -3.17. The molecule has 1 fully saturated rings. The minimum Gasteiger partial charge on any atom is -0.493 e. The van der Waals surface area contributed by atoms with E-state index in [2.05, 4.69) is 10.1 Å². The van der Waals surface area contributed by atoms with Crippen molar-refractivity contribution in [2.45, 2.75) is 19.6 Å². The topological polar surface area (TPSA) is 117 Å². The molecule has 0 saturated carbocycles. The van der Waals surface area contributed by atoms with Gasteiger partial charge in [-0.25, -0.2) is 14.0 Å². The zero-order valence-electron chi connectivity index (χ0n) is 12.9. The van der Waals surface area contributed by atoms with E-state index < -0.39 is 39.7 Å². The van der Waals surface area contributed by atoms with E-state index in [1.54, 1.807) is 0 Å². The number of esters is 2. The molecule has 2 rings (SSSR count). The standard InChI is InChI=1S/C14H13FN2O7/c1-14(2)23-12(18)7(13(19)24-14)6-16-9-4-8(15)11(22-3)5-10(9)17(20)21/h4-6,16H,1-3H3. The van der Waals surface area contributed by atoms with Crippen molar-refractivity contribution in [2.24, 2.45) is 0 Å². The van der Waals surface area contributed by atoms with Crippen molar-refractivity contribution in [3.8, 4) is 5.75 Å². The van der Waals surface area contributed by atoms with E-state index in [1.165, 1.54) is 13.8 Å². The SMILES string of the molecule is COc1cc([N+](=O)[O-])c(NC=C2C(=O)OC(C)(C)OC2=O)cc1F. The molecule has 128 valence electrons. The van der Waals surface area contributed by atoms with Gasteiger partial charge in [-0.05, 0) is 0 Å². The molecule has 9 nitrogen and oxygen atoms in total. The fourth-order valence-corrected chi connectivity index (χ4v) is 1.89. The highest BCUT2D eigenvalue weighted by atomic mass is 19.1. The maximum absolute atomic E-state index is 13.7. The first-order valence-electron chi connectivity index (χ1n) is 6.60. The molecule has 0 unspecified atom stereocenters. The van der Waals surface area contributed by atoms with E-state index in [0.717, 1.165) is 25.4 Å². The van der Waals surface area contributed by atoms with Crippen LogP contribution in [-0.2, 0) is 19.1 Å². The third-order valence-corrected chi connectivity index (χ3v) is 2.96. The average molecular weight is 340 g/mol. The van der Waals surface area contributed by atoms with Gasteiger partial charge in [-0.2, -0.15) is 0 Å². The van der Waals surface area contributed by atoms with Crippen LogP contribution in [0.2, 0.25) is 0 Å². The summed E-state index contributed by atoms with van der Waals surface area (Å²) in [4.78, 5) is 33.8. The molecular weight excluding hydrogens is 327 g/mol. The van der Waals surface area contributed by atoms with Crippen LogP contribution in [0.15, 0.2) is 23.9 Å². The minimum absolute atomic E-state index is 0.281. The van der Waals surface area contributed by atoms with Crippen molar-refractivity contribution in [3.05, 3.63) is 39.8 Å². The summed E-state index contributed by atoms with van der Waals surface area (Å²) in [5, 5.41) is 13.4. The maximum Gasteiger partial charge on any atom is 0.350 e. The quantitative estimate of drug-likeness (QED) is 0.290. The molecular formula is C14H13FN2O7. The molecule has 1 aromatic carbocycles. The lowest BCUT2D eigenvalue weighted by Gasteiger charge is -2.29. The van der Waals surface area contributed by atoms with Gasteiger partial charge in [0.15, 0.2) is 17.1 Å². The highest BCUT2D eigenvalue weighted by Crippen LogP contribution is 2.32. The van der Waals surface area contributed by atoms with Crippen molar-refractivity contribution in [1.29, 1.82) is 0 Å². The van der Waals surface area contributed by atoms with E-state index in [1.807, 2.05) is 0 Å². The molecule has 0 bridgehead atoms. The Kier molecular flexibility index (Phi) is 4.40. The number of ether oxygens (including phenoxy) is 3. The summed E-state index contributed by atoms with van der Waals surface area (Å²) in [7, 11) is 1.16. The van der Waals surface area contributed by atoms with Crippen LogP contribution in [0.3, 0.4) is 0 Å². The number of anilines is 1. The van der Waals surface area contributed by atoms with E-state index in [0.29, 0.717) is 0 Å². The molecule has 0 aromatic heterocycles. The van der Waals surface area contributed by atoms with Gasteiger partial charge < -0.3 is 19.5 Å². The van der Waals surface area contributed by atoms with Gasteiger partial charge in [0.1, 0.15) is 5.69 Å². The third kappa shape index (κ3) is 3.42. The van der Waals surface area contributed by atoms with Crippen molar-refractivity contribution >= 4 is 23.3 Å². The molecule has 10 heteroatoms. The number of hydrogen-bond acceptors (Lipinski definition) is 8. The number of nitrogens with one attached hydrogen (secondary N) is 1. The van der Waals surface area contributed by atoms with Crippen LogP contribution in [0.1, 0.15) is 13.8 Å². The van der Waals surface area contributed by atoms with E-state index >= 15 is 0 Å². The second-order valence-corrected chi connectivity index (χ2v) is 5.14. The van der Waals surface area contributed by atoms with Crippen LogP contribution in [0.5, 0.6) is 5.75 Å². The zero-order chi connectivity index (χ0) is 18.1. The van der Waals surface area contributed by atoms with Crippen molar-refractivity contribution in [3.63, 3.8) is 0 Å². The highest BCUT2D eigenvalue weighted by Gasteiger charge is 2.39. The molecule has 0 spiro atoms. The smallest absolute Gasteiger partial charge is 0.350 e. The van der Waals surface area contributed by atoms with Gasteiger partial charge in [0.25, 0.3) is 11.5 Å². The second-order valence-electron chi connectivity index (χ2n) is 5.14. The highest BCUT2D eigenvalue weighted by molar-refractivity contribution is 6.15. The molecule has 1 aliphatic heterocycles. The Morgan fingerprint density at radius 3 is 2.38 bits per heavy atom. The molecule has 0 amide bonds. The third-order valence-electron chi connectivity index (χ3n) is 2.96. The summed E-state index contributed by atoms with van der Waals surface area (Å²) >= 11 is 0. The van der Waals surface area contributed by atoms with Crippen molar-refractivity contribution in [2.75, 3.05) is 12.4 Å². The van der Waals surface area contributed by atoms with Gasteiger partial charge in [-0.1, -0.05) is 0 Å². The lowest BCUT2D eigenvalue weighted by atomic mass is 10.2. The van der Waals surface area contributed by atoms with Gasteiger partial charge >= 0.3 is 11.9 Å². The number of nitrogens with zero attached hydrogens (tertiary/aromatic N) is 1. The second kappa shape index (κ2) is 6.14. The van der Waals surface area contributed by atoms with Gasteiger partial charge in [0.2, 0.25) is 0 Å². The summed E-state index contributed by atoms with van der Waals surface area (Å²) in [6.45, 7) is 2.74. The number of carbonyl (C=O) groups is 2. The summed E-state index contributed by atoms with van der Waals surface area (Å²) in [5.74, 6) is -4.54. The largest absolute Gasteiger partial charge is 0.493 e. The predicted octanol–water partition coefficient (Wildman–Crippen LogP) is 1.87. The summed E-state index contributed by atoms with van der Waals surface area (Å²) in [6, 6.07) is 1.67. The van der Waals surface area contributed by atoms with Gasteiger partial charge in [0.05, 0.1) is 18.1 Å². The normalized spacial score (nSPS) is 16.1. The molecule has 1 aromatic rings. The first-order chi connectivity index (χ1) is 11.1. The molecule has 1 aliphatic rings. The monoisotopic (exact) mass is 340 g/mol. The molecule has 0 radical (unpaired) electrons. The van der Waals surface area contributed by atoms with E-state index in [9.17, 15) is 24.1 Å². The number of carbonyl (C=O) groups excluding carboxylic acids is 2. The van der Waals surface area contributed by atoms with Crippen LogP contribution >= 0.6 is 0 Å². The number of rotatable bonds is 4. The van der Waals surface area contributed by atoms with Crippen LogP contribution in [0.4, 0.5) is 15.8 Å². The number of methoxy groups -OCH3 is 1. The van der Waals surface area contributed by atoms with Crippen molar-refractivity contribution in [1.82, 2.24) is 0 Å². The van der Waals surface area contributed by atoms with Gasteiger partial charge in [-0.3, -0.25) is 10.1 Å². The molecule has 1 saturated heterocycles. The van der Waals surface area contributed by atoms with Crippen LogP contribution < -0.4 is 10.1 Å². The average Bonchev–Trinajstić information content (AvgIpc) is 2.44. The van der Waals surface area contributed by atoms with Gasteiger partial charge in [-0.15, -0.1) is 0 Å². The first kappa shape index (κ1) is 17.2. The number of cyclic esters (lactones) is 2. The van der Waals surface area contributed by atoms with Crippen LogP contribution in [-0.4, -0.2) is 29.8 Å². The number of hydrogen-bond donors (Lipinski definition) is 1. The number of benzene rings is 1. The Bertz CT molecular complexity index is 736. The molecule has 0 atom stereocenters. The Labute approximate surface area is 135 Å². The Morgan fingerprint density at radius 2 is 1.88 bits per heavy atom. The van der Waals surface area contributed by atoms with Crippen LogP contribution in [0.25, 0.3) is 0 Å². The minimum atomic E-state index is -1.41. The number of nitro benzene ring substituents is 1. The predicted molar refractivity (Wildman–Crippen MR) is 77.6 cm³/mol. The molecule has 1 heterocycles. The lowest BCUT2D eigenvalue weighted by molar-refractivity contribution is -0.384. The summed E-state index contributed by atoms with van der Waals surface area (Å²) in [6.07, 6.45) is 0.855. The maximum atomic E-state index is 13.7. The Morgan fingerprint density at radius 1 is 1.29 bits per heavy atom. The first-order valence-corrected chi connectivity index (χ1v) is 6.60. The summed E-state index contributed by atoms with van der Waals surface area (Å²) in [5.41, 5.74) is -1.31. The van der Waals surface area contributed by atoms with E-state index in [4.69, 9.17) is 9.47 Å². The molecule has 24 heavy (non-hydrogen) atoms. The zero-order valence-corrected chi connectivity index (χ0v) is 12.9. The molecule has 1 N–H and O–H groups in total. The fourth-order valence-electron chi connectivity index (χ4n) is 1.89. The van der Waals surface area contributed by atoms with E-state index in [-0.39, 0.29) is 11.4 Å². The number of halogens is 1. The number of nitro groups is 1. The van der Waals surface area contributed by atoms with Crippen LogP contribution in [0, 0.1) is 15.9 Å². The van der Waals surface area contributed by atoms with Gasteiger partial charge in [0, 0.05) is 26.1 Å². The lowest BCUT2D eigenvalue weighted by Crippen LogP contribution is -2.42. The summed E-state index contributed by atoms with van der Waals surface area (Å²) < 4.78 is 28.1. The Balaban J connectivity index is 2.35. The molecule has 0 aliphatic carbocycles. The fraction of sp³-hybridized carbons (Fsp3) is 0.286.